The van der Waals surface area contributed by atoms with Crippen LogP contribution in [-0.4, -0.2) is 50.8 Å². The maximum Gasteiger partial charge on any atom is 0.220 e. The zero-order valence-corrected chi connectivity index (χ0v) is 14.5. The van der Waals surface area contributed by atoms with E-state index in [4.69, 9.17) is 28.0 Å². The highest BCUT2D eigenvalue weighted by Crippen LogP contribution is 2.23. The van der Waals surface area contributed by atoms with E-state index in [0.717, 1.165) is 12.1 Å². The molecule has 0 saturated carbocycles. The van der Waals surface area contributed by atoms with Gasteiger partial charge in [-0.15, -0.1) is 0 Å². The third-order valence-electron chi connectivity index (χ3n) is 2.92. The Morgan fingerprint density at radius 2 is 2.00 bits per heavy atom. The first-order valence-electron chi connectivity index (χ1n) is 6.91. The second-order valence-electron chi connectivity index (χ2n) is 5.00. The Labute approximate surface area is 141 Å². The van der Waals surface area contributed by atoms with Crippen LogP contribution in [0.15, 0.2) is 23.4 Å². The summed E-state index contributed by atoms with van der Waals surface area (Å²) in [6, 6.07) is 5.21. The van der Waals surface area contributed by atoms with E-state index in [1.54, 1.807) is 18.2 Å². The van der Waals surface area contributed by atoms with Crippen LogP contribution < -0.4 is 5.32 Å². The van der Waals surface area contributed by atoms with Gasteiger partial charge in [-0.25, -0.2) is 0 Å². The quantitative estimate of drug-likeness (QED) is 0.582. The van der Waals surface area contributed by atoms with Crippen molar-refractivity contribution in [2.45, 2.75) is 12.8 Å². The number of nitrogens with one attached hydrogen (secondary N) is 1. The molecule has 0 heterocycles. The molecule has 1 aromatic carbocycles. The van der Waals surface area contributed by atoms with Gasteiger partial charge in [-0.1, -0.05) is 34.4 Å². The van der Waals surface area contributed by atoms with Crippen LogP contribution in [0.2, 0.25) is 10.0 Å². The van der Waals surface area contributed by atoms with Crippen molar-refractivity contribution in [2.24, 2.45) is 5.16 Å². The van der Waals surface area contributed by atoms with E-state index in [9.17, 15) is 4.79 Å². The average molecular weight is 346 g/mol. The van der Waals surface area contributed by atoms with Crippen molar-refractivity contribution < 1.29 is 9.63 Å². The molecule has 0 fully saturated rings. The number of halogens is 2. The number of nitrogens with zero attached hydrogens (tertiary/aromatic N) is 2. The van der Waals surface area contributed by atoms with Crippen molar-refractivity contribution in [2.75, 3.05) is 34.3 Å². The number of amides is 1. The summed E-state index contributed by atoms with van der Waals surface area (Å²) in [7, 11) is 5.38. The van der Waals surface area contributed by atoms with Gasteiger partial charge in [0, 0.05) is 31.5 Å². The predicted molar refractivity (Wildman–Crippen MR) is 90.8 cm³/mol. The fourth-order valence-electron chi connectivity index (χ4n) is 1.77. The van der Waals surface area contributed by atoms with Crippen LogP contribution in [-0.2, 0) is 9.63 Å². The number of carbonyl (C=O) groups excluding carboxylic acids is 1. The van der Waals surface area contributed by atoms with Gasteiger partial charge < -0.3 is 15.1 Å². The van der Waals surface area contributed by atoms with Crippen molar-refractivity contribution in [3.05, 3.63) is 33.8 Å². The molecule has 1 amide bonds. The van der Waals surface area contributed by atoms with E-state index in [1.165, 1.54) is 7.11 Å². The first-order chi connectivity index (χ1) is 10.4. The molecule has 1 aromatic rings. The van der Waals surface area contributed by atoms with Crippen LogP contribution in [0.25, 0.3) is 0 Å². The van der Waals surface area contributed by atoms with Gasteiger partial charge in [-0.3, -0.25) is 4.79 Å². The molecule has 0 atom stereocenters. The highest BCUT2D eigenvalue weighted by atomic mass is 35.5. The molecule has 5 nitrogen and oxygen atoms in total. The van der Waals surface area contributed by atoms with Crippen molar-refractivity contribution >= 4 is 34.8 Å². The van der Waals surface area contributed by atoms with Gasteiger partial charge in [0.15, 0.2) is 0 Å². The van der Waals surface area contributed by atoms with Crippen LogP contribution >= 0.6 is 23.2 Å². The summed E-state index contributed by atoms with van der Waals surface area (Å²) in [6.45, 7) is 1.42. The number of hydrogen-bond acceptors (Lipinski definition) is 4. The van der Waals surface area contributed by atoms with Gasteiger partial charge in [-0.05, 0) is 26.2 Å². The minimum absolute atomic E-state index is 0.0225. The second kappa shape index (κ2) is 9.66. The molecule has 0 saturated heterocycles. The minimum atomic E-state index is -0.0225. The van der Waals surface area contributed by atoms with Gasteiger partial charge in [0.25, 0.3) is 0 Å². The molecule has 0 bridgehead atoms. The fraction of sp³-hybridized carbons (Fsp3) is 0.467. The smallest absolute Gasteiger partial charge is 0.220 e. The van der Waals surface area contributed by atoms with Crippen LogP contribution in [0.3, 0.4) is 0 Å². The topological polar surface area (TPSA) is 53.9 Å². The maximum absolute atomic E-state index is 11.8. The summed E-state index contributed by atoms with van der Waals surface area (Å²) in [5, 5.41) is 7.75. The summed E-state index contributed by atoms with van der Waals surface area (Å²) in [5.41, 5.74) is 1.45. The zero-order chi connectivity index (χ0) is 16.5. The molecule has 0 unspecified atom stereocenters. The Balaban J connectivity index is 2.60. The second-order valence-corrected chi connectivity index (χ2v) is 5.82. The standard InChI is InChI=1S/C15H21Cl2N3O2/c1-20(2)9-8-18-15(21)7-6-14(19-22-3)11-4-5-12(16)13(17)10-11/h4-5,10H,6-9H2,1-3H3,(H,18,21)/b19-14-. The van der Waals surface area contributed by atoms with E-state index in [1.807, 2.05) is 19.0 Å². The lowest BCUT2D eigenvalue weighted by atomic mass is 10.1. The summed E-state index contributed by atoms with van der Waals surface area (Å²) in [5.74, 6) is -0.0225. The molecule has 0 radical (unpaired) electrons. The van der Waals surface area contributed by atoms with Crippen LogP contribution in [0.5, 0.6) is 0 Å². The van der Waals surface area contributed by atoms with Gasteiger partial charge in [0.2, 0.25) is 5.91 Å². The number of likely N-dealkylation sites (N-methyl/N-ethyl adjacent to an activating group) is 1. The number of carbonyl (C=O) groups is 1. The van der Waals surface area contributed by atoms with Crippen LogP contribution in [0.4, 0.5) is 0 Å². The van der Waals surface area contributed by atoms with Crippen LogP contribution in [0.1, 0.15) is 18.4 Å². The molecule has 122 valence electrons. The summed E-state index contributed by atoms with van der Waals surface area (Å²) >= 11 is 11.9. The molecular formula is C15H21Cl2N3O2. The lowest BCUT2D eigenvalue weighted by Gasteiger charge is -2.11. The van der Waals surface area contributed by atoms with Gasteiger partial charge >= 0.3 is 0 Å². The van der Waals surface area contributed by atoms with Crippen molar-refractivity contribution in [1.29, 1.82) is 0 Å². The lowest BCUT2D eigenvalue weighted by Crippen LogP contribution is -2.31. The Hall–Kier alpha value is -1.30. The first-order valence-corrected chi connectivity index (χ1v) is 7.66. The fourth-order valence-corrected chi connectivity index (χ4v) is 2.07. The molecule has 0 aliphatic heterocycles. The minimum Gasteiger partial charge on any atom is -0.399 e. The van der Waals surface area contributed by atoms with Gasteiger partial charge in [0.1, 0.15) is 7.11 Å². The molecule has 0 aromatic heterocycles. The molecule has 22 heavy (non-hydrogen) atoms. The maximum atomic E-state index is 11.8. The van der Waals surface area contributed by atoms with Crippen LogP contribution in [0, 0.1) is 0 Å². The van der Waals surface area contributed by atoms with E-state index in [0.29, 0.717) is 35.1 Å². The Kier molecular flexibility index (Phi) is 8.24. The van der Waals surface area contributed by atoms with E-state index in [2.05, 4.69) is 10.5 Å². The average Bonchev–Trinajstić information content (AvgIpc) is 2.46. The Bertz CT molecular complexity index is 534. The number of rotatable bonds is 8. The van der Waals surface area contributed by atoms with Gasteiger partial charge in [0.05, 0.1) is 15.8 Å². The normalized spacial score (nSPS) is 11.6. The number of hydrogen-bond donors (Lipinski definition) is 1. The Morgan fingerprint density at radius 3 is 2.59 bits per heavy atom. The van der Waals surface area contributed by atoms with Crippen molar-refractivity contribution in [3.63, 3.8) is 0 Å². The zero-order valence-electron chi connectivity index (χ0n) is 13.0. The molecule has 0 aliphatic carbocycles. The molecule has 1 N–H and O–H groups in total. The molecular weight excluding hydrogens is 325 g/mol. The summed E-state index contributed by atoms with van der Waals surface area (Å²) < 4.78 is 0. The van der Waals surface area contributed by atoms with E-state index < -0.39 is 0 Å². The first kappa shape index (κ1) is 18.7. The summed E-state index contributed by atoms with van der Waals surface area (Å²) in [6.07, 6.45) is 0.787. The number of benzene rings is 1. The molecule has 7 heteroatoms. The lowest BCUT2D eigenvalue weighted by molar-refractivity contribution is -0.120. The summed E-state index contributed by atoms with van der Waals surface area (Å²) in [4.78, 5) is 18.7. The highest BCUT2D eigenvalue weighted by molar-refractivity contribution is 6.42. The molecule has 1 rings (SSSR count). The predicted octanol–water partition coefficient (Wildman–Crippen LogP) is 2.80. The largest absolute Gasteiger partial charge is 0.399 e. The number of oxime groups is 1. The van der Waals surface area contributed by atoms with Gasteiger partial charge in [-0.2, -0.15) is 0 Å². The monoisotopic (exact) mass is 345 g/mol. The molecule has 0 spiro atoms. The third-order valence-corrected chi connectivity index (χ3v) is 3.66. The highest BCUT2D eigenvalue weighted by Gasteiger charge is 2.10. The third kappa shape index (κ3) is 6.64. The molecule has 0 aliphatic rings. The SMILES string of the molecule is CO/N=C(/CCC(=O)NCCN(C)C)c1ccc(Cl)c(Cl)c1. The van der Waals surface area contributed by atoms with E-state index >= 15 is 0 Å². The van der Waals surface area contributed by atoms with E-state index in [-0.39, 0.29) is 5.91 Å². The Morgan fingerprint density at radius 1 is 1.27 bits per heavy atom. The van der Waals surface area contributed by atoms with Crippen molar-refractivity contribution in [1.82, 2.24) is 10.2 Å². The van der Waals surface area contributed by atoms with Crippen molar-refractivity contribution in [3.8, 4) is 0 Å².